The summed E-state index contributed by atoms with van der Waals surface area (Å²) in [5.74, 6) is 0.981. The maximum absolute atomic E-state index is 5.72. The summed E-state index contributed by atoms with van der Waals surface area (Å²) < 4.78 is 5.46. The summed E-state index contributed by atoms with van der Waals surface area (Å²) in [6, 6.07) is 7.00. The quantitative estimate of drug-likeness (QED) is 0.870. The van der Waals surface area contributed by atoms with Crippen molar-refractivity contribution < 1.29 is 4.74 Å². The first-order valence-corrected chi connectivity index (χ1v) is 6.88. The minimum atomic E-state index is 0.591. The topological polar surface area (TPSA) is 38.5 Å². The summed E-state index contributed by atoms with van der Waals surface area (Å²) in [7, 11) is 1.74. The molecule has 1 unspecified atom stereocenters. The highest BCUT2D eigenvalue weighted by Crippen LogP contribution is 2.27. The molecule has 0 saturated carbocycles. The Morgan fingerprint density at radius 1 is 1.44 bits per heavy atom. The maximum Gasteiger partial charge on any atom is 0.123 e. The van der Waals surface area contributed by atoms with E-state index in [2.05, 4.69) is 17.9 Å². The van der Waals surface area contributed by atoms with Crippen LogP contribution in [0.25, 0.3) is 0 Å². The minimum Gasteiger partial charge on any atom is -0.496 e. The summed E-state index contributed by atoms with van der Waals surface area (Å²) in [5.41, 5.74) is 8.16. The normalized spacial score (nSPS) is 20.3. The number of hydrogen-bond acceptors (Lipinski definition) is 3. The van der Waals surface area contributed by atoms with E-state index in [1.54, 1.807) is 7.11 Å². The molecule has 3 heteroatoms. The van der Waals surface area contributed by atoms with E-state index in [9.17, 15) is 0 Å². The number of nitrogens with two attached hydrogens (primary N) is 1. The number of ether oxygens (including phenoxy) is 1. The van der Waals surface area contributed by atoms with Crippen molar-refractivity contribution in [1.82, 2.24) is 4.90 Å². The fraction of sp³-hybridized carbons (Fsp3) is 0.600. The van der Waals surface area contributed by atoms with E-state index < -0.39 is 0 Å². The number of likely N-dealkylation sites (tertiary alicyclic amines) is 1. The van der Waals surface area contributed by atoms with Crippen LogP contribution < -0.4 is 10.5 Å². The Balaban J connectivity index is 2.16. The Labute approximate surface area is 110 Å². The van der Waals surface area contributed by atoms with Crippen LogP contribution in [0.2, 0.25) is 0 Å². The van der Waals surface area contributed by atoms with Crippen molar-refractivity contribution >= 4 is 0 Å². The highest BCUT2D eigenvalue weighted by atomic mass is 16.5. The zero-order valence-corrected chi connectivity index (χ0v) is 11.5. The van der Waals surface area contributed by atoms with Crippen LogP contribution in [0.15, 0.2) is 18.2 Å². The van der Waals surface area contributed by atoms with Crippen LogP contribution in [0.4, 0.5) is 0 Å². The van der Waals surface area contributed by atoms with Crippen molar-refractivity contribution in [3.05, 3.63) is 29.3 Å². The van der Waals surface area contributed by atoms with Crippen LogP contribution in [0.5, 0.6) is 5.75 Å². The van der Waals surface area contributed by atoms with Gasteiger partial charge in [-0.25, -0.2) is 0 Å². The van der Waals surface area contributed by atoms with E-state index in [1.165, 1.54) is 36.9 Å². The second-order valence-corrected chi connectivity index (χ2v) is 5.03. The maximum atomic E-state index is 5.72. The Morgan fingerprint density at radius 3 is 2.94 bits per heavy atom. The summed E-state index contributed by atoms with van der Waals surface area (Å²) >= 11 is 0. The molecule has 18 heavy (non-hydrogen) atoms. The van der Waals surface area contributed by atoms with Crippen LogP contribution >= 0.6 is 0 Å². The third-order valence-corrected chi connectivity index (χ3v) is 3.92. The molecule has 1 atom stereocenters. The smallest absolute Gasteiger partial charge is 0.123 e. The fourth-order valence-electron chi connectivity index (χ4n) is 2.87. The van der Waals surface area contributed by atoms with Crippen LogP contribution in [0.1, 0.15) is 37.3 Å². The fourth-order valence-corrected chi connectivity index (χ4v) is 2.87. The average molecular weight is 248 g/mol. The molecular weight excluding hydrogens is 224 g/mol. The largest absolute Gasteiger partial charge is 0.496 e. The van der Waals surface area contributed by atoms with Crippen molar-refractivity contribution in [3.63, 3.8) is 0 Å². The van der Waals surface area contributed by atoms with E-state index in [0.29, 0.717) is 6.54 Å². The SMILES string of the molecule is CCC1CCCN1Cc1cc(CN)ccc1OC. The van der Waals surface area contributed by atoms with Crippen molar-refractivity contribution in [2.24, 2.45) is 5.73 Å². The number of methoxy groups -OCH3 is 1. The Hall–Kier alpha value is -1.06. The lowest BCUT2D eigenvalue weighted by Gasteiger charge is -2.24. The molecule has 0 radical (unpaired) electrons. The van der Waals surface area contributed by atoms with Gasteiger partial charge in [-0.1, -0.05) is 13.0 Å². The molecule has 0 amide bonds. The number of hydrogen-bond donors (Lipinski definition) is 1. The summed E-state index contributed by atoms with van der Waals surface area (Å²) in [6.07, 6.45) is 3.88. The van der Waals surface area contributed by atoms with Gasteiger partial charge >= 0.3 is 0 Å². The molecule has 1 aromatic rings. The highest BCUT2D eigenvalue weighted by Gasteiger charge is 2.23. The molecule has 1 aliphatic heterocycles. The van der Waals surface area contributed by atoms with Gasteiger partial charge < -0.3 is 10.5 Å². The van der Waals surface area contributed by atoms with Gasteiger partial charge in [-0.05, 0) is 43.5 Å². The van der Waals surface area contributed by atoms with Crippen LogP contribution in [0, 0.1) is 0 Å². The van der Waals surface area contributed by atoms with E-state index >= 15 is 0 Å². The third kappa shape index (κ3) is 2.85. The Bertz CT molecular complexity index is 392. The molecule has 1 fully saturated rings. The Morgan fingerprint density at radius 2 is 2.28 bits per heavy atom. The van der Waals surface area contributed by atoms with E-state index in [4.69, 9.17) is 10.5 Å². The number of benzene rings is 1. The van der Waals surface area contributed by atoms with Crippen LogP contribution in [-0.2, 0) is 13.1 Å². The molecule has 2 N–H and O–H groups in total. The number of nitrogens with zero attached hydrogens (tertiary/aromatic N) is 1. The van der Waals surface area contributed by atoms with Gasteiger partial charge in [0.05, 0.1) is 7.11 Å². The first kappa shape index (κ1) is 13.4. The van der Waals surface area contributed by atoms with Crippen molar-refractivity contribution in [3.8, 4) is 5.75 Å². The van der Waals surface area contributed by atoms with Gasteiger partial charge in [0.25, 0.3) is 0 Å². The minimum absolute atomic E-state index is 0.591. The van der Waals surface area contributed by atoms with Crippen molar-refractivity contribution in [2.45, 2.75) is 45.3 Å². The monoisotopic (exact) mass is 248 g/mol. The van der Waals surface area contributed by atoms with Gasteiger partial charge in [0.1, 0.15) is 5.75 Å². The predicted molar refractivity (Wildman–Crippen MR) is 74.6 cm³/mol. The molecule has 0 aliphatic carbocycles. The molecule has 3 nitrogen and oxygen atoms in total. The molecule has 1 heterocycles. The van der Waals surface area contributed by atoms with E-state index in [-0.39, 0.29) is 0 Å². The predicted octanol–water partition coefficient (Wildman–Crippen LogP) is 2.53. The van der Waals surface area contributed by atoms with Crippen LogP contribution in [0.3, 0.4) is 0 Å². The van der Waals surface area contributed by atoms with Crippen molar-refractivity contribution in [2.75, 3.05) is 13.7 Å². The van der Waals surface area contributed by atoms with Gasteiger partial charge in [0.15, 0.2) is 0 Å². The van der Waals surface area contributed by atoms with Gasteiger partial charge in [0.2, 0.25) is 0 Å². The van der Waals surface area contributed by atoms with Gasteiger partial charge in [-0.15, -0.1) is 0 Å². The van der Waals surface area contributed by atoms with Crippen LogP contribution in [-0.4, -0.2) is 24.6 Å². The second kappa shape index (κ2) is 6.21. The molecule has 0 aromatic heterocycles. The second-order valence-electron chi connectivity index (χ2n) is 5.03. The zero-order valence-electron chi connectivity index (χ0n) is 11.5. The molecule has 0 spiro atoms. The molecule has 0 bridgehead atoms. The molecule has 100 valence electrons. The average Bonchev–Trinajstić information content (AvgIpc) is 2.86. The van der Waals surface area contributed by atoms with Gasteiger partial charge in [-0.3, -0.25) is 4.90 Å². The van der Waals surface area contributed by atoms with Gasteiger partial charge in [0, 0.05) is 24.7 Å². The molecule has 2 rings (SSSR count). The van der Waals surface area contributed by atoms with Gasteiger partial charge in [-0.2, -0.15) is 0 Å². The summed E-state index contributed by atoms with van der Waals surface area (Å²) in [5, 5.41) is 0. The molecular formula is C15H24N2O. The third-order valence-electron chi connectivity index (χ3n) is 3.92. The lowest BCUT2D eigenvalue weighted by molar-refractivity contribution is 0.236. The highest BCUT2D eigenvalue weighted by molar-refractivity contribution is 5.37. The van der Waals surface area contributed by atoms with E-state index in [0.717, 1.165) is 18.3 Å². The zero-order chi connectivity index (χ0) is 13.0. The first-order chi connectivity index (χ1) is 8.78. The number of rotatable bonds is 5. The lowest BCUT2D eigenvalue weighted by Crippen LogP contribution is -2.28. The lowest BCUT2D eigenvalue weighted by atomic mass is 10.1. The Kier molecular flexibility index (Phi) is 4.61. The van der Waals surface area contributed by atoms with E-state index in [1.807, 2.05) is 12.1 Å². The molecule has 1 aromatic carbocycles. The van der Waals surface area contributed by atoms with Crippen molar-refractivity contribution in [1.29, 1.82) is 0 Å². The summed E-state index contributed by atoms with van der Waals surface area (Å²) in [4.78, 5) is 2.57. The summed E-state index contributed by atoms with van der Waals surface area (Å²) in [6.45, 7) is 5.05. The molecule has 1 aliphatic rings. The standard InChI is InChI=1S/C15H24N2O/c1-3-14-5-4-8-17(14)11-13-9-12(10-16)6-7-15(13)18-2/h6-7,9,14H,3-5,8,10-11,16H2,1-2H3. The molecule has 1 saturated heterocycles. The first-order valence-electron chi connectivity index (χ1n) is 6.88.